The van der Waals surface area contributed by atoms with Gasteiger partial charge in [-0.2, -0.15) is 0 Å². The lowest BCUT2D eigenvalue weighted by Gasteiger charge is -2.21. The third-order valence-corrected chi connectivity index (χ3v) is 6.13. The van der Waals surface area contributed by atoms with Gasteiger partial charge in [0.1, 0.15) is 17.3 Å². The van der Waals surface area contributed by atoms with Gasteiger partial charge in [0.15, 0.2) is 0 Å². The molecule has 0 saturated carbocycles. The van der Waals surface area contributed by atoms with Crippen LogP contribution in [0.1, 0.15) is 46.0 Å². The largest absolute Gasteiger partial charge is 0.383 e. The Kier molecular flexibility index (Phi) is 5.55. The summed E-state index contributed by atoms with van der Waals surface area (Å²) in [6.07, 6.45) is 2.99. The number of nitrogens with one attached hydrogen (secondary N) is 1. The molecule has 0 spiro atoms. The number of ether oxygens (including phenoxy) is 1. The zero-order valence-electron chi connectivity index (χ0n) is 17.7. The van der Waals surface area contributed by atoms with Crippen molar-refractivity contribution in [1.82, 2.24) is 24.8 Å². The van der Waals surface area contributed by atoms with Crippen molar-refractivity contribution in [2.75, 3.05) is 5.73 Å². The van der Waals surface area contributed by atoms with Gasteiger partial charge in [0.05, 0.1) is 48.2 Å². The molecule has 0 radical (unpaired) electrons. The number of H-pyrrole nitrogens is 1. The normalized spacial score (nSPS) is 15.1. The maximum absolute atomic E-state index is 14.3. The highest BCUT2D eigenvalue weighted by Gasteiger charge is 2.28. The molecule has 4 aromatic rings. The Balaban J connectivity index is 1.53. The molecule has 0 bridgehead atoms. The number of nitrogens with zero attached hydrogens (tertiary/aromatic N) is 4. The number of halogens is 2. The first kappa shape index (κ1) is 21.5. The molecule has 8 nitrogen and oxygen atoms in total. The zero-order chi connectivity index (χ0) is 23.1. The van der Waals surface area contributed by atoms with Crippen molar-refractivity contribution in [3.05, 3.63) is 81.2 Å². The molecule has 1 aliphatic rings. The number of aromatic nitrogens is 4. The maximum Gasteiger partial charge on any atom is 0.271 e. The smallest absolute Gasteiger partial charge is 0.271 e. The van der Waals surface area contributed by atoms with Gasteiger partial charge in [-0.1, -0.05) is 0 Å². The highest BCUT2D eigenvalue weighted by molar-refractivity contribution is 9.10. The summed E-state index contributed by atoms with van der Waals surface area (Å²) in [5.41, 5.74) is 10.3. The number of carbonyl (C=O) groups is 1. The first-order valence-corrected chi connectivity index (χ1v) is 11.1. The van der Waals surface area contributed by atoms with Crippen molar-refractivity contribution < 1.29 is 13.9 Å². The van der Waals surface area contributed by atoms with E-state index in [1.807, 2.05) is 13.0 Å². The van der Waals surface area contributed by atoms with Gasteiger partial charge < -0.3 is 20.4 Å². The van der Waals surface area contributed by atoms with Crippen molar-refractivity contribution in [2.45, 2.75) is 32.7 Å². The second kappa shape index (κ2) is 8.53. The Bertz CT molecular complexity index is 1360. The van der Waals surface area contributed by atoms with Crippen LogP contribution in [0.5, 0.6) is 0 Å². The summed E-state index contributed by atoms with van der Waals surface area (Å²) >= 11 is 3.36. The molecule has 168 valence electrons. The molecule has 5 rings (SSSR count). The quantitative estimate of drug-likeness (QED) is 0.414. The van der Waals surface area contributed by atoms with E-state index >= 15 is 0 Å². The number of fused-ring (bicyclic) bond motifs is 3. The van der Waals surface area contributed by atoms with Crippen LogP contribution in [0.25, 0.3) is 11.0 Å². The minimum Gasteiger partial charge on any atom is -0.383 e. The van der Waals surface area contributed by atoms with E-state index in [1.54, 1.807) is 18.3 Å². The van der Waals surface area contributed by atoms with Crippen molar-refractivity contribution in [3.8, 4) is 0 Å². The molecule has 4 aromatic heterocycles. The molecule has 5 heterocycles. The first-order valence-electron chi connectivity index (χ1n) is 10.3. The molecular weight excluding hydrogens is 491 g/mol. The minimum absolute atomic E-state index is 0.0214. The second-order valence-electron chi connectivity index (χ2n) is 7.85. The summed E-state index contributed by atoms with van der Waals surface area (Å²) in [7, 11) is 0. The number of rotatable bonds is 5. The molecule has 1 aliphatic heterocycles. The number of pyridine rings is 3. The van der Waals surface area contributed by atoms with Gasteiger partial charge in [0.2, 0.25) is 0 Å². The second-order valence-corrected chi connectivity index (χ2v) is 8.76. The van der Waals surface area contributed by atoms with E-state index in [-0.39, 0.29) is 30.8 Å². The van der Waals surface area contributed by atoms with Crippen molar-refractivity contribution in [2.24, 2.45) is 0 Å². The van der Waals surface area contributed by atoms with Crippen LogP contribution in [0, 0.1) is 5.82 Å². The molecule has 0 fully saturated rings. The number of amides is 1. The fraction of sp³-hybridized carbons (Fsp3) is 0.217. The molecule has 3 N–H and O–H groups in total. The SMILES string of the molecule is C[C@H]1OCc2c1c(N)nc1cc(C(=O)N(Cc3ccc(Br)cn3)Cc3ncccc3F)[nH]c21. The molecule has 0 aromatic carbocycles. The molecule has 10 heteroatoms. The minimum atomic E-state index is -0.478. The van der Waals surface area contributed by atoms with Crippen LogP contribution in [0.2, 0.25) is 0 Å². The fourth-order valence-corrected chi connectivity index (χ4v) is 4.27. The van der Waals surface area contributed by atoms with Crippen LogP contribution in [0.4, 0.5) is 10.2 Å². The van der Waals surface area contributed by atoms with Gasteiger partial charge in [-0.25, -0.2) is 9.37 Å². The van der Waals surface area contributed by atoms with E-state index in [0.29, 0.717) is 29.3 Å². The standard InChI is InChI=1S/C23H20BrFN6O2/c1-12-20-15(11-33-12)21-17(30-22(20)26)7-18(29-21)23(32)31(9-14-5-4-13(24)8-28-14)10-19-16(25)3-2-6-27-19/h2-8,12,29H,9-11H2,1H3,(H2,26,30)/t12-/m1/s1. The van der Waals surface area contributed by atoms with Crippen LogP contribution in [-0.4, -0.2) is 30.7 Å². The third-order valence-electron chi connectivity index (χ3n) is 5.66. The number of aromatic amines is 1. The third kappa shape index (κ3) is 4.07. The number of nitrogens with two attached hydrogens (primary N) is 1. The van der Waals surface area contributed by atoms with E-state index in [9.17, 15) is 9.18 Å². The van der Waals surface area contributed by atoms with Gasteiger partial charge in [0.25, 0.3) is 5.91 Å². The number of nitrogen functional groups attached to an aromatic ring is 1. The molecule has 0 saturated heterocycles. The highest BCUT2D eigenvalue weighted by Crippen LogP contribution is 2.38. The van der Waals surface area contributed by atoms with Crippen molar-refractivity contribution >= 4 is 38.7 Å². The Morgan fingerprint density at radius 3 is 2.94 bits per heavy atom. The lowest BCUT2D eigenvalue weighted by molar-refractivity contribution is 0.0718. The van der Waals surface area contributed by atoms with Gasteiger partial charge in [-0.05, 0) is 53.2 Å². The molecular formula is C23H20BrFN6O2. The van der Waals surface area contributed by atoms with Crippen molar-refractivity contribution in [1.29, 1.82) is 0 Å². The summed E-state index contributed by atoms with van der Waals surface area (Å²) in [5, 5.41) is 0. The topological polar surface area (TPSA) is 110 Å². The van der Waals surface area contributed by atoms with Crippen LogP contribution in [0.3, 0.4) is 0 Å². The molecule has 33 heavy (non-hydrogen) atoms. The predicted molar refractivity (Wildman–Crippen MR) is 123 cm³/mol. The molecule has 1 amide bonds. The Morgan fingerprint density at radius 2 is 2.18 bits per heavy atom. The van der Waals surface area contributed by atoms with Gasteiger partial charge in [0, 0.05) is 28.0 Å². The zero-order valence-corrected chi connectivity index (χ0v) is 19.3. The lowest BCUT2D eigenvalue weighted by atomic mass is 10.1. The van der Waals surface area contributed by atoms with Gasteiger partial charge in [-0.15, -0.1) is 0 Å². The number of hydrogen-bond acceptors (Lipinski definition) is 6. The average Bonchev–Trinajstić information content (AvgIpc) is 3.40. The van der Waals surface area contributed by atoms with Gasteiger partial charge in [-0.3, -0.25) is 14.8 Å². The van der Waals surface area contributed by atoms with Crippen LogP contribution < -0.4 is 5.73 Å². The first-order chi connectivity index (χ1) is 15.9. The van der Waals surface area contributed by atoms with E-state index < -0.39 is 5.82 Å². The van der Waals surface area contributed by atoms with Crippen LogP contribution in [0.15, 0.2) is 47.2 Å². The number of hydrogen-bond donors (Lipinski definition) is 2. The summed E-state index contributed by atoms with van der Waals surface area (Å²) in [4.78, 5) is 31.2. The highest BCUT2D eigenvalue weighted by atomic mass is 79.9. The van der Waals surface area contributed by atoms with Crippen molar-refractivity contribution in [3.63, 3.8) is 0 Å². The predicted octanol–water partition coefficient (Wildman–Crippen LogP) is 4.27. The molecule has 0 aliphatic carbocycles. The Labute approximate surface area is 197 Å². The average molecular weight is 511 g/mol. The van der Waals surface area contributed by atoms with E-state index in [0.717, 1.165) is 21.1 Å². The maximum atomic E-state index is 14.3. The fourth-order valence-electron chi connectivity index (χ4n) is 4.03. The van der Waals surface area contributed by atoms with E-state index in [1.165, 1.54) is 23.2 Å². The molecule has 1 atom stereocenters. The summed E-state index contributed by atoms with van der Waals surface area (Å²) in [6.45, 7) is 2.45. The number of carbonyl (C=O) groups excluding carboxylic acids is 1. The number of anilines is 1. The van der Waals surface area contributed by atoms with Gasteiger partial charge >= 0.3 is 0 Å². The summed E-state index contributed by atoms with van der Waals surface area (Å²) < 4.78 is 20.9. The van der Waals surface area contributed by atoms with E-state index in [2.05, 4.69) is 35.9 Å². The Hall–Kier alpha value is -3.37. The molecule has 0 unspecified atom stereocenters. The van der Waals surface area contributed by atoms with Crippen LogP contribution in [-0.2, 0) is 24.4 Å². The summed E-state index contributed by atoms with van der Waals surface area (Å²) in [6, 6.07) is 8.14. The van der Waals surface area contributed by atoms with E-state index in [4.69, 9.17) is 10.5 Å². The van der Waals surface area contributed by atoms with Crippen LogP contribution >= 0.6 is 15.9 Å². The Morgan fingerprint density at radius 1 is 1.33 bits per heavy atom. The monoisotopic (exact) mass is 510 g/mol. The lowest BCUT2D eigenvalue weighted by Crippen LogP contribution is -2.31. The summed E-state index contributed by atoms with van der Waals surface area (Å²) in [5.74, 6) is -0.414.